The van der Waals surface area contributed by atoms with E-state index in [1.807, 2.05) is 0 Å². The zero-order chi connectivity index (χ0) is 27.8. The Bertz CT molecular complexity index is 1320. The molecule has 198 valence electrons. The molecule has 3 aliphatic rings. The summed E-state index contributed by atoms with van der Waals surface area (Å²) in [5.41, 5.74) is 1.57. The summed E-state index contributed by atoms with van der Waals surface area (Å²) >= 11 is 0. The lowest BCUT2D eigenvalue weighted by molar-refractivity contribution is -0.153. The number of amides is 2. The van der Waals surface area contributed by atoms with Gasteiger partial charge in [-0.2, -0.15) is 0 Å². The quantitative estimate of drug-likeness (QED) is 0.319. The summed E-state index contributed by atoms with van der Waals surface area (Å²) in [6.45, 7) is 5.20. The summed E-state index contributed by atoms with van der Waals surface area (Å²) in [5.74, 6) is -7.40. The highest BCUT2D eigenvalue weighted by Crippen LogP contribution is 2.52. The first-order valence-electron chi connectivity index (χ1n) is 11.8. The van der Waals surface area contributed by atoms with E-state index in [1.165, 1.54) is 25.1 Å². The van der Waals surface area contributed by atoms with Gasteiger partial charge >= 0.3 is 0 Å². The smallest absolute Gasteiger partial charge is 0.255 e. The van der Waals surface area contributed by atoms with Gasteiger partial charge in [-0.15, -0.1) is 0 Å². The van der Waals surface area contributed by atoms with Crippen LogP contribution in [-0.2, 0) is 25.6 Å². The molecule has 0 heterocycles. The number of anilines is 1. The van der Waals surface area contributed by atoms with Gasteiger partial charge in [-0.25, -0.2) is 0 Å². The lowest BCUT2D eigenvalue weighted by Crippen LogP contribution is -2.65. The first kappa shape index (κ1) is 26.4. The maximum atomic E-state index is 13.7. The van der Waals surface area contributed by atoms with Crippen LogP contribution in [0.1, 0.15) is 38.3 Å². The molecule has 4 atom stereocenters. The summed E-state index contributed by atoms with van der Waals surface area (Å²) in [5, 5.41) is 47.0. The van der Waals surface area contributed by atoms with Crippen molar-refractivity contribution in [2.75, 3.05) is 19.4 Å². The van der Waals surface area contributed by atoms with Gasteiger partial charge in [0.1, 0.15) is 22.8 Å². The van der Waals surface area contributed by atoms with Crippen LogP contribution in [0, 0.1) is 17.3 Å². The number of aromatic hydroxyl groups is 1. The molecule has 2 amide bonds. The Kier molecular flexibility index (Phi) is 6.00. The standard InChI is InChI=1S/C26H31N3O8/c1-25(2,3)24(36)28-12-7-10-6-11-8-13-18(29(4)5)20(32)17(23(27)35)22(34)26(13,37)21(33)16(11)19(31)15(10)14(30)9-12/h7,9,11,13,18,30-31,34,37H,6,8H2,1-5H3,(H2,27,35)(H,28,36)/t11-,13-,18-,26-/m0/s1. The van der Waals surface area contributed by atoms with Gasteiger partial charge < -0.3 is 31.5 Å². The molecule has 0 aliphatic heterocycles. The van der Waals surface area contributed by atoms with Crippen molar-refractivity contribution in [3.63, 3.8) is 0 Å². The lowest BCUT2D eigenvalue weighted by atomic mass is 9.57. The Balaban J connectivity index is 1.87. The molecule has 37 heavy (non-hydrogen) atoms. The predicted octanol–water partition coefficient (Wildman–Crippen LogP) is 0.949. The number of hydrogen-bond acceptors (Lipinski definition) is 9. The maximum Gasteiger partial charge on any atom is 0.255 e. The van der Waals surface area contributed by atoms with Crippen molar-refractivity contribution < 1.29 is 39.6 Å². The molecule has 0 unspecified atom stereocenters. The number of phenolic OH excluding ortho intramolecular Hbond substituents is 1. The molecular weight excluding hydrogens is 482 g/mol. The second-order valence-electron chi connectivity index (χ2n) is 11.2. The minimum Gasteiger partial charge on any atom is -0.508 e. The van der Waals surface area contributed by atoms with Crippen LogP contribution in [0.2, 0.25) is 0 Å². The number of fused-ring (bicyclic) bond motifs is 3. The summed E-state index contributed by atoms with van der Waals surface area (Å²) in [6, 6.07) is 1.69. The van der Waals surface area contributed by atoms with Gasteiger partial charge in [-0.1, -0.05) is 20.8 Å². The number of carbonyl (C=O) groups is 4. The van der Waals surface area contributed by atoms with Gasteiger partial charge in [0.25, 0.3) is 5.91 Å². The van der Waals surface area contributed by atoms with Crippen molar-refractivity contribution >= 4 is 34.8 Å². The largest absolute Gasteiger partial charge is 0.508 e. The molecule has 3 aliphatic carbocycles. The topological polar surface area (TPSA) is 190 Å². The van der Waals surface area contributed by atoms with Crippen LogP contribution < -0.4 is 11.1 Å². The highest BCUT2D eigenvalue weighted by molar-refractivity contribution is 6.24. The third-order valence-corrected chi connectivity index (χ3v) is 7.47. The number of benzene rings is 1. The number of aliphatic hydroxyl groups is 3. The summed E-state index contributed by atoms with van der Waals surface area (Å²) in [7, 11) is 3.07. The molecular formula is C26H31N3O8. The Labute approximate surface area is 213 Å². The summed E-state index contributed by atoms with van der Waals surface area (Å²) in [6.07, 6.45) is 0.131. The monoisotopic (exact) mass is 513 g/mol. The fourth-order valence-electron chi connectivity index (χ4n) is 5.66. The molecule has 0 spiro atoms. The van der Waals surface area contributed by atoms with E-state index in [-0.39, 0.29) is 29.9 Å². The molecule has 4 rings (SSSR count). The van der Waals surface area contributed by atoms with Crippen LogP contribution in [0.5, 0.6) is 5.75 Å². The number of rotatable bonds is 3. The molecule has 0 saturated heterocycles. The van der Waals surface area contributed by atoms with Gasteiger partial charge in [-0.3, -0.25) is 24.1 Å². The molecule has 1 fully saturated rings. The number of phenols is 1. The molecule has 0 bridgehead atoms. The minimum atomic E-state index is -2.68. The zero-order valence-electron chi connectivity index (χ0n) is 21.2. The predicted molar refractivity (Wildman–Crippen MR) is 132 cm³/mol. The van der Waals surface area contributed by atoms with E-state index in [2.05, 4.69) is 5.32 Å². The van der Waals surface area contributed by atoms with Gasteiger partial charge in [0, 0.05) is 28.7 Å². The molecule has 0 radical (unpaired) electrons. The number of nitrogens with zero attached hydrogens (tertiary/aromatic N) is 1. The molecule has 11 nitrogen and oxygen atoms in total. The summed E-state index contributed by atoms with van der Waals surface area (Å²) in [4.78, 5) is 52.8. The normalized spacial score (nSPS) is 27.6. The summed E-state index contributed by atoms with van der Waals surface area (Å²) < 4.78 is 0. The number of carbonyl (C=O) groups excluding carboxylic acids is 4. The number of ketones is 2. The Morgan fingerprint density at radius 3 is 2.30 bits per heavy atom. The highest BCUT2D eigenvalue weighted by Gasteiger charge is 2.64. The van der Waals surface area contributed by atoms with E-state index in [0.29, 0.717) is 11.3 Å². The maximum absolute atomic E-state index is 13.7. The van der Waals surface area contributed by atoms with Crippen LogP contribution in [0.25, 0.3) is 5.76 Å². The minimum absolute atomic E-state index is 0.00883. The van der Waals surface area contributed by atoms with E-state index < -0.39 is 69.2 Å². The van der Waals surface area contributed by atoms with Crippen molar-refractivity contribution in [2.24, 2.45) is 23.0 Å². The molecule has 1 saturated carbocycles. The van der Waals surface area contributed by atoms with Crippen molar-refractivity contribution in [1.82, 2.24) is 4.90 Å². The second kappa shape index (κ2) is 8.42. The average molecular weight is 514 g/mol. The van der Waals surface area contributed by atoms with E-state index >= 15 is 0 Å². The number of likely N-dealkylation sites (N-methyl/N-ethyl adjacent to an activating group) is 1. The van der Waals surface area contributed by atoms with E-state index in [1.54, 1.807) is 26.8 Å². The first-order chi connectivity index (χ1) is 17.0. The molecule has 11 heteroatoms. The van der Waals surface area contributed by atoms with Crippen LogP contribution in [-0.4, -0.2) is 74.4 Å². The SMILES string of the molecule is CN(C)[C@@H]1C(=O)C(C(N)=O)=C(O)[C@@]2(O)C(=O)C3=C(O)c4c(O)cc(NC(=O)C(C)(C)C)cc4C[C@H]3C[C@@H]12. The number of primary amides is 1. The number of aliphatic hydroxyl groups excluding tert-OH is 2. The van der Waals surface area contributed by atoms with Crippen molar-refractivity contribution in [2.45, 2.75) is 45.3 Å². The van der Waals surface area contributed by atoms with Crippen molar-refractivity contribution in [1.29, 1.82) is 0 Å². The van der Waals surface area contributed by atoms with Crippen molar-refractivity contribution in [3.05, 3.63) is 40.2 Å². The Morgan fingerprint density at radius 1 is 1.14 bits per heavy atom. The van der Waals surface area contributed by atoms with Gasteiger partial charge in [0.15, 0.2) is 11.4 Å². The van der Waals surface area contributed by atoms with Crippen molar-refractivity contribution in [3.8, 4) is 5.75 Å². The molecule has 0 aromatic heterocycles. The Morgan fingerprint density at radius 2 is 1.76 bits per heavy atom. The van der Waals surface area contributed by atoms with E-state index in [9.17, 15) is 39.6 Å². The Hall–Kier alpha value is -3.70. The molecule has 1 aromatic carbocycles. The number of hydrogen-bond donors (Lipinski definition) is 6. The zero-order valence-corrected chi connectivity index (χ0v) is 21.2. The van der Waals surface area contributed by atoms with Crippen LogP contribution in [0.15, 0.2) is 29.0 Å². The fraction of sp³-hybridized carbons (Fsp3) is 0.462. The first-order valence-corrected chi connectivity index (χ1v) is 11.8. The van der Waals surface area contributed by atoms with Crippen LogP contribution in [0.4, 0.5) is 5.69 Å². The van der Waals surface area contributed by atoms with Gasteiger partial charge in [-0.05, 0) is 44.5 Å². The lowest BCUT2D eigenvalue weighted by Gasteiger charge is -2.50. The van der Waals surface area contributed by atoms with Gasteiger partial charge in [0.2, 0.25) is 11.7 Å². The fourth-order valence-corrected chi connectivity index (χ4v) is 5.66. The third kappa shape index (κ3) is 3.80. The van der Waals surface area contributed by atoms with Gasteiger partial charge in [0.05, 0.1) is 11.6 Å². The van der Waals surface area contributed by atoms with E-state index in [0.717, 1.165) is 0 Å². The third-order valence-electron chi connectivity index (χ3n) is 7.47. The molecule has 1 aromatic rings. The van der Waals surface area contributed by atoms with Crippen LogP contribution >= 0.6 is 0 Å². The average Bonchev–Trinajstić information content (AvgIpc) is 2.74. The van der Waals surface area contributed by atoms with E-state index in [4.69, 9.17) is 5.73 Å². The number of nitrogens with one attached hydrogen (secondary N) is 1. The second-order valence-corrected chi connectivity index (χ2v) is 11.2. The molecule has 7 N–H and O–H groups in total. The highest BCUT2D eigenvalue weighted by atomic mass is 16.3. The number of nitrogens with two attached hydrogens (primary N) is 1. The number of Topliss-reactive ketones (excluding diaryl/α,β-unsaturated/α-hetero) is 2. The van der Waals surface area contributed by atoms with Crippen LogP contribution in [0.3, 0.4) is 0 Å².